The number of fused-ring (bicyclic) bond motifs is 1. The van der Waals surface area contributed by atoms with Crippen LogP contribution in [0, 0.1) is 12.3 Å². The number of anilines is 1. The van der Waals surface area contributed by atoms with Gasteiger partial charge in [-0.3, -0.25) is 9.80 Å². The van der Waals surface area contributed by atoms with Gasteiger partial charge in [0.2, 0.25) is 12.2 Å². The van der Waals surface area contributed by atoms with E-state index in [9.17, 15) is 4.79 Å². The van der Waals surface area contributed by atoms with Crippen molar-refractivity contribution in [2.24, 2.45) is 5.73 Å². The van der Waals surface area contributed by atoms with Gasteiger partial charge in [0.05, 0.1) is 0 Å². The predicted octanol–water partition coefficient (Wildman–Crippen LogP) is 4.58. The van der Waals surface area contributed by atoms with Crippen molar-refractivity contribution in [3.05, 3.63) is 77.9 Å². The molecule has 0 bridgehead atoms. The van der Waals surface area contributed by atoms with E-state index in [1.54, 1.807) is 22.5 Å². The minimum absolute atomic E-state index is 0.260. The molecule has 37 heavy (non-hydrogen) atoms. The Labute approximate surface area is 222 Å². The molecule has 0 spiro atoms. The van der Waals surface area contributed by atoms with Crippen LogP contribution in [-0.4, -0.2) is 61.4 Å². The molecule has 1 unspecified atom stereocenters. The van der Waals surface area contributed by atoms with Crippen molar-refractivity contribution in [3.63, 3.8) is 0 Å². The summed E-state index contributed by atoms with van der Waals surface area (Å²) in [6, 6.07) is 17.7. The molecule has 0 radical (unpaired) electrons. The van der Waals surface area contributed by atoms with E-state index in [1.165, 1.54) is 5.56 Å². The molecule has 2 aromatic carbocycles. The third kappa shape index (κ3) is 6.19. The summed E-state index contributed by atoms with van der Waals surface area (Å²) in [4.78, 5) is 18.6. The summed E-state index contributed by atoms with van der Waals surface area (Å²) >= 11 is 1.55. The van der Waals surface area contributed by atoms with E-state index >= 15 is 0 Å². The number of terminal acetylenes is 1. The minimum Gasteiger partial charge on any atom is -0.457 e. The number of thiophene rings is 1. The first-order valence-corrected chi connectivity index (χ1v) is 13.5. The molecule has 8 heteroatoms. The first-order valence-electron chi connectivity index (χ1n) is 12.7. The zero-order chi connectivity index (χ0) is 25.6. The molecule has 3 heterocycles. The van der Waals surface area contributed by atoms with Crippen molar-refractivity contribution in [2.45, 2.75) is 25.6 Å². The van der Waals surface area contributed by atoms with Crippen molar-refractivity contribution >= 4 is 32.5 Å². The molecule has 2 aliphatic heterocycles. The number of hydrogen-bond acceptors (Lipinski definition) is 6. The monoisotopic (exact) mass is 516 g/mol. The summed E-state index contributed by atoms with van der Waals surface area (Å²) in [5.74, 6) is 3.49. The van der Waals surface area contributed by atoms with Gasteiger partial charge >= 0.3 is 6.03 Å². The van der Waals surface area contributed by atoms with Crippen LogP contribution in [0.4, 0.5) is 9.80 Å². The number of nitrogens with zero attached hydrogens (tertiary/aromatic N) is 3. The van der Waals surface area contributed by atoms with E-state index in [2.05, 4.69) is 27.9 Å². The second-order valence-electron chi connectivity index (χ2n) is 9.34. The Kier molecular flexibility index (Phi) is 7.83. The van der Waals surface area contributed by atoms with Crippen LogP contribution >= 0.6 is 11.3 Å². The SMILES string of the molecule is C#Cc1ccc2cc(N(CCCCN3CCN(C4=COC(Cc5ccccc5)O4)CC3)C(N)=O)sc2c1. The Morgan fingerprint density at radius 1 is 1.11 bits per heavy atom. The lowest BCUT2D eigenvalue weighted by Gasteiger charge is -2.35. The minimum atomic E-state index is -0.421. The first kappa shape index (κ1) is 25.0. The summed E-state index contributed by atoms with van der Waals surface area (Å²) in [6.45, 7) is 5.34. The first-order chi connectivity index (χ1) is 18.1. The molecule has 192 valence electrons. The lowest BCUT2D eigenvalue weighted by atomic mass is 10.1. The molecule has 5 rings (SSSR count). The largest absolute Gasteiger partial charge is 0.457 e. The number of ether oxygens (including phenoxy) is 2. The fraction of sp³-hybridized carbons (Fsp3) is 0.345. The maximum atomic E-state index is 12.2. The molecule has 1 saturated heterocycles. The Balaban J connectivity index is 1.04. The zero-order valence-corrected chi connectivity index (χ0v) is 21.7. The van der Waals surface area contributed by atoms with Gasteiger partial charge in [0.15, 0.2) is 0 Å². The van der Waals surface area contributed by atoms with Crippen molar-refractivity contribution in [1.82, 2.24) is 9.80 Å². The van der Waals surface area contributed by atoms with Gasteiger partial charge in [0.1, 0.15) is 11.3 Å². The highest BCUT2D eigenvalue weighted by Crippen LogP contribution is 2.33. The summed E-state index contributed by atoms with van der Waals surface area (Å²) < 4.78 is 12.9. The number of primary amides is 1. The Morgan fingerprint density at radius 2 is 1.92 bits per heavy atom. The molecule has 0 saturated carbocycles. The second-order valence-corrected chi connectivity index (χ2v) is 10.4. The molecule has 7 nitrogen and oxygen atoms in total. The number of carbonyl (C=O) groups excluding carboxylic acids is 1. The van der Waals surface area contributed by atoms with E-state index < -0.39 is 6.03 Å². The average molecular weight is 517 g/mol. The van der Waals surface area contributed by atoms with E-state index in [4.69, 9.17) is 21.6 Å². The lowest BCUT2D eigenvalue weighted by molar-refractivity contribution is -0.0522. The standard InChI is InChI=1S/C29H32N4O3S/c1-2-22-10-11-24-20-27(37-25(24)18-22)33(29(30)34)13-7-6-12-31-14-16-32(17-15-31)26-21-35-28(36-26)19-23-8-4-3-5-9-23/h1,3-5,8-11,18,20-21,28H,6-7,12-17,19H2,(H2,30,34). The van der Waals surface area contributed by atoms with Crippen LogP contribution in [0.5, 0.6) is 0 Å². The maximum absolute atomic E-state index is 12.2. The van der Waals surface area contributed by atoms with Crippen LogP contribution < -0.4 is 10.6 Å². The zero-order valence-electron chi connectivity index (χ0n) is 20.8. The topological polar surface area (TPSA) is 71.3 Å². The van der Waals surface area contributed by atoms with Crippen LogP contribution in [0.15, 0.2) is 66.7 Å². The van der Waals surface area contributed by atoms with Gasteiger partial charge in [-0.2, -0.15) is 0 Å². The van der Waals surface area contributed by atoms with Crippen LogP contribution in [0.2, 0.25) is 0 Å². The molecule has 1 fully saturated rings. The van der Waals surface area contributed by atoms with Gasteiger partial charge in [0.25, 0.3) is 0 Å². The summed E-state index contributed by atoms with van der Waals surface area (Å²) in [7, 11) is 0. The highest BCUT2D eigenvalue weighted by molar-refractivity contribution is 7.23. The lowest BCUT2D eigenvalue weighted by Crippen LogP contribution is -2.46. The molecule has 1 atom stereocenters. The van der Waals surface area contributed by atoms with Gasteiger partial charge in [0, 0.05) is 49.4 Å². The van der Waals surface area contributed by atoms with Gasteiger partial charge < -0.3 is 20.1 Å². The number of rotatable bonds is 9. The molecule has 3 aromatic rings. The van der Waals surface area contributed by atoms with E-state index in [0.29, 0.717) is 6.54 Å². The number of amides is 2. The number of unbranched alkanes of at least 4 members (excludes halogenated alkanes) is 1. The number of nitrogens with two attached hydrogens (primary N) is 1. The highest BCUT2D eigenvalue weighted by atomic mass is 32.1. The van der Waals surface area contributed by atoms with Crippen molar-refractivity contribution in [2.75, 3.05) is 44.2 Å². The van der Waals surface area contributed by atoms with Crippen molar-refractivity contribution in [1.29, 1.82) is 0 Å². The fourth-order valence-electron chi connectivity index (χ4n) is 4.74. The summed E-state index contributed by atoms with van der Waals surface area (Å²) in [5.41, 5.74) is 7.75. The normalized spacial score (nSPS) is 17.6. The van der Waals surface area contributed by atoms with Gasteiger partial charge in [-0.1, -0.05) is 42.3 Å². The van der Waals surface area contributed by atoms with Gasteiger partial charge in [-0.05, 0) is 48.5 Å². The Bertz CT molecular complexity index is 1290. The molecule has 2 N–H and O–H groups in total. The van der Waals surface area contributed by atoms with Gasteiger partial charge in [-0.15, -0.1) is 17.8 Å². The van der Waals surface area contributed by atoms with Crippen LogP contribution in [-0.2, 0) is 15.9 Å². The number of hydrogen-bond donors (Lipinski definition) is 1. The fourth-order valence-corrected chi connectivity index (χ4v) is 5.87. The molecule has 1 aromatic heterocycles. The van der Waals surface area contributed by atoms with E-state index in [0.717, 1.165) is 78.5 Å². The molecular formula is C29H32N4O3S. The summed E-state index contributed by atoms with van der Waals surface area (Å²) in [6.07, 6.45) is 9.63. The third-order valence-corrected chi connectivity index (χ3v) is 7.93. The average Bonchev–Trinajstić information content (AvgIpc) is 3.56. The highest BCUT2D eigenvalue weighted by Gasteiger charge is 2.27. The van der Waals surface area contributed by atoms with Crippen LogP contribution in [0.3, 0.4) is 0 Å². The summed E-state index contributed by atoms with van der Waals surface area (Å²) in [5, 5.41) is 1.93. The molecule has 2 amide bonds. The van der Waals surface area contributed by atoms with Crippen molar-refractivity contribution < 1.29 is 14.3 Å². The Morgan fingerprint density at radius 3 is 2.68 bits per heavy atom. The van der Waals surface area contributed by atoms with Crippen LogP contribution in [0.25, 0.3) is 10.1 Å². The van der Waals surface area contributed by atoms with E-state index in [-0.39, 0.29) is 6.29 Å². The number of piperazine rings is 1. The molecule has 0 aliphatic carbocycles. The second kappa shape index (κ2) is 11.6. The predicted molar refractivity (Wildman–Crippen MR) is 148 cm³/mol. The van der Waals surface area contributed by atoms with Gasteiger partial charge in [-0.25, -0.2) is 4.79 Å². The van der Waals surface area contributed by atoms with Crippen LogP contribution in [0.1, 0.15) is 24.0 Å². The quantitative estimate of drug-likeness (QED) is 0.333. The molecular weight excluding hydrogens is 484 g/mol. The number of carbonyl (C=O) groups is 1. The van der Waals surface area contributed by atoms with E-state index in [1.807, 2.05) is 42.5 Å². The smallest absolute Gasteiger partial charge is 0.319 e. The number of benzene rings is 2. The number of urea groups is 1. The maximum Gasteiger partial charge on any atom is 0.319 e. The third-order valence-electron chi connectivity index (χ3n) is 6.81. The molecule has 2 aliphatic rings. The van der Waals surface area contributed by atoms with Crippen molar-refractivity contribution in [3.8, 4) is 12.3 Å². The Hall–Kier alpha value is -3.67.